The number of carbonyl (C=O) groups is 2. The first-order chi connectivity index (χ1) is 8.04. The highest BCUT2D eigenvalue weighted by Crippen LogP contribution is 2.40. The van der Waals surface area contributed by atoms with Gasteiger partial charge in [-0.05, 0) is 19.9 Å². The maximum atomic E-state index is 11.3. The monoisotopic (exact) mass is 294 g/mol. The maximum Gasteiger partial charge on any atom is 0.159 e. The van der Waals surface area contributed by atoms with Crippen molar-refractivity contribution in [3.8, 4) is 5.75 Å². The van der Waals surface area contributed by atoms with Gasteiger partial charge in [0.2, 0.25) is 0 Å². The van der Waals surface area contributed by atoms with Gasteiger partial charge in [0.05, 0.1) is 5.92 Å². The molecule has 0 saturated carbocycles. The molecule has 1 aromatic rings. The topological polar surface area (TPSA) is 43.4 Å². The summed E-state index contributed by atoms with van der Waals surface area (Å²) in [6, 6.07) is 5.15. The summed E-state index contributed by atoms with van der Waals surface area (Å²) in [6.45, 7) is 3.28. The summed E-state index contributed by atoms with van der Waals surface area (Å²) in [4.78, 5) is 22.4. The van der Waals surface area contributed by atoms with Crippen molar-refractivity contribution in [2.45, 2.75) is 19.8 Å². The van der Waals surface area contributed by atoms with Gasteiger partial charge in [0.15, 0.2) is 5.78 Å². The van der Waals surface area contributed by atoms with E-state index < -0.39 is 0 Å². The number of rotatable bonds is 2. The fourth-order valence-electron chi connectivity index (χ4n) is 1.80. The quantitative estimate of drug-likeness (QED) is 0.621. The third-order valence-corrected chi connectivity index (χ3v) is 3.82. The third kappa shape index (κ3) is 2.05. The second-order valence-corrected chi connectivity index (χ2v) is 4.78. The van der Waals surface area contributed by atoms with Gasteiger partial charge < -0.3 is 9.53 Å². The number of allylic oxidation sites excluding steroid dienone is 2. The van der Waals surface area contributed by atoms with E-state index in [0.29, 0.717) is 17.1 Å². The number of carbonyl (C=O) groups excluding carboxylic acids is 2. The molecule has 0 bridgehead atoms. The lowest BCUT2D eigenvalue weighted by Gasteiger charge is -2.23. The first-order valence-corrected chi connectivity index (χ1v) is 5.98. The van der Waals surface area contributed by atoms with Gasteiger partial charge in [-0.15, -0.1) is 0 Å². The van der Waals surface area contributed by atoms with Gasteiger partial charge in [-0.3, -0.25) is 4.79 Å². The largest absolute Gasteiger partial charge is 0.461 e. The summed E-state index contributed by atoms with van der Waals surface area (Å²) in [5, 5.41) is 0. The van der Waals surface area contributed by atoms with Crippen molar-refractivity contribution in [2.75, 3.05) is 0 Å². The van der Waals surface area contributed by atoms with E-state index in [2.05, 4.69) is 15.9 Å². The van der Waals surface area contributed by atoms with Crippen LogP contribution in [0.5, 0.6) is 5.75 Å². The van der Waals surface area contributed by atoms with E-state index in [4.69, 9.17) is 4.74 Å². The molecule has 88 valence electrons. The van der Waals surface area contributed by atoms with Gasteiger partial charge in [0.1, 0.15) is 17.8 Å². The molecule has 1 aliphatic heterocycles. The summed E-state index contributed by atoms with van der Waals surface area (Å²) in [7, 11) is 0. The third-order valence-electron chi connectivity index (χ3n) is 2.76. The van der Waals surface area contributed by atoms with E-state index in [1.807, 2.05) is 0 Å². The van der Waals surface area contributed by atoms with Crippen LogP contribution in [0.1, 0.15) is 35.7 Å². The minimum atomic E-state index is -0.347. The van der Waals surface area contributed by atoms with Crippen LogP contribution in [0.15, 0.2) is 28.4 Å². The molecular weight excluding hydrogens is 284 g/mol. The maximum absolute atomic E-state index is 11.3. The Labute approximate surface area is 108 Å². The van der Waals surface area contributed by atoms with E-state index in [1.54, 1.807) is 25.1 Å². The molecule has 0 spiro atoms. The van der Waals surface area contributed by atoms with Crippen molar-refractivity contribution in [3.05, 3.63) is 39.6 Å². The van der Waals surface area contributed by atoms with Crippen LogP contribution in [0, 0.1) is 0 Å². The summed E-state index contributed by atoms with van der Waals surface area (Å²) in [5.74, 6) is 0.857. The van der Waals surface area contributed by atoms with Crippen molar-refractivity contribution in [1.29, 1.82) is 0 Å². The number of ether oxygens (including phenoxy) is 1. The van der Waals surface area contributed by atoms with Crippen LogP contribution in [-0.4, -0.2) is 12.1 Å². The normalized spacial score (nSPS) is 18.4. The van der Waals surface area contributed by atoms with Crippen LogP contribution in [0.25, 0.3) is 0 Å². The zero-order chi connectivity index (χ0) is 12.6. The lowest BCUT2D eigenvalue weighted by molar-refractivity contribution is -0.108. The van der Waals surface area contributed by atoms with Crippen LogP contribution in [-0.2, 0) is 4.79 Å². The average molecular weight is 295 g/mol. The molecule has 1 heterocycles. The van der Waals surface area contributed by atoms with Crippen LogP contribution >= 0.6 is 15.9 Å². The fraction of sp³-hybridized carbons (Fsp3) is 0.231. The number of halogens is 1. The molecule has 1 aliphatic rings. The van der Waals surface area contributed by atoms with Crippen LogP contribution in [0.4, 0.5) is 0 Å². The van der Waals surface area contributed by atoms with Gasteiger partial charge in [0.25, 0.3) is 0 Å². The molecule has 0 aliphatic carbocycles. The smallest absolute Gasteiger partial charge is 0.159 e. The lowest BCUT2D eigenvalue weighted by Crippen LogP contribution is -2.13. The van der Waals surface area contributed by atoms with E-state index in [-0.39, 0.29) is 11.7 Å². The standard InChI is InChI=1S/C13H11BrO3/c1-7(16)9-3-4-10-11(6-15)13(14)8(2)17-12(10)5-9/h3-6,11H,1-2H3. The first kappa shape index (κ1) is 12.0. The van der Waals surface area contributed by atoms with E-state index in [1.165, 1.54) is 6.92 Å². The molecular formula is C13H11BrO3. The number of hydrogen-bond acceptors (Lipinski definition) is 3. The number of fused-ring (bicyclic) bond motifs is 1. The summed E-state index contributed by atoms with van der Waals surface area (Å²) in [6.07, 6.45) is 0.863. The van der Waals surface area contributed by atoms with E-state index in [9.17, 15) is 9.59 Å². The van der Waals surface area contributed by atoms with Gasteiger partial charge >= 0.3 is 0 Å². The predicted molar refractivity (Wildman–Crippen MR) is 67.5 cm³/mol. The van der Waals surface area contributed by atoms with Crippen molar-refractivity contribution in [3.63, 3.8) is 0 Å². The Kier molecular flexibility index (Phi) is 3.15. The van der Waals surface area contributed by atoms with Gasteiger partial charge in [-0.1, -0.05) is 28.1 Å². The average Bonchev–Trinajstić information content (AvgIpc) is 2.30. The van der Waals surface area contributed by atoms with E-state index in [0.717, 1.165) is 16.3 Å². The Morgan fingerprint density at radius 2 is 2.18 bits per heavy atom. The molecule has 2 rings (SSSR count). The van der Waals surface area contributed by atoms with Crippen LogP contribution in [0.3, 0.4) is 0 Å². The molecule has 0 amide bonds. The van der Waals surface area contributed by atoms with Gasteiger partial charge in [0, 0.05) is 15.6 Å². The second kappa shape index (κ2) is 4.45. The molecule has 0 aromatic heterocycles. The molecule has 0 N–H and O–H groups in total. The molecule has 1 unspecified atom stereocenters. The van der Waals surface area contributed by atoms with Crippen molar-refractivity contribution in [1.82, 2.24) is 0 Å². The molecule has 3 nitrogen and oxygen atoms in total. The Bertz CT molecular complexity index is 531. The van der Waals surface area contributed by atoms with Gasteiger partial charge in [-0.25, -0.2) is 0 Å². The number of benzene rings is 1. The SMILES string of the molecule is CC(=O)c1ccc2c(c1)OC(C)=C(Br)C2C=O. The molecule has 1 atom stereocenters. The Hall–Kier alpha value is -1.42. The molecule has 0 fully saturated rings. The second-order valence-electron chi connectivity index (χ2n) is 3.93. The summed E-state index contributed by atoms with van der Waals surface area (Å²) < 4.78 is 6.32. The summed E-state index contributed by atoms with van der Waals surface area (Å²) >= 11 is 3.35. The molecule has 0 radical (unpaired) electrons. The summed E-state index contributed by atoms with van der Waals surface area (Å²) in [5.41, 5.74) is 1.36. The highest BCUT2D eigenvalue weighted by Gasteiger charge is 2.26. The minimum Gasteiger partial charge on any atom is -0.461 e. The van der Waals surface area contributed by atoms with E-state index >= 15 is 0 Å². The number of aldehydes is 1. The molecule has 1 aromatic carbocycles. The zero-order valence-corrected chi connectivity index (χ0v) is 11.1. The molecule has 4 heteroatoms. The number of Topliss-reactive ketones (excluding diaryl/α,β-unsaturated/α-hetero) is 1. The number of ketones is 1. The van der Waals surface area contributed by atoms with Crippen molar-refractivity contribution < 1.29 is 14.3 Å². The minimum absolute atomic E-state index is 0.0228. The van der Waals surface area contributed by atoms with Gasteiger partial charge in [-0.2, -0.15) is 0 Å². The first-order valence-electron chi connectivity index (χ1n) is 5.19. The predicted octanol–water partition coefficient (Wildman–Crippen LogP) is 3.19. The Morgan fingerprint density at radius 1 is 1.47 bits per heavy atom. The highest BCUT2D eigenvalue weighted by molar-refractivity contribution is 9.11. The van der Waals surface area contributed by atoms with Crippen molar-refractivity contribution in [2.24, 2.45) is 0 Å². The fourth-order valence-corrected chi connectivity index (χ4v) is 2.24. The Balaban J connectivity index is 2.55. The van der Waals surface area contributed by atoms with Crippen LogP contribution < -0.4 is 4.74 Å². The lowest BCUT2D eigenvalue weighted by atomic mass is 9.95. The molecule has 0 saturated heterocycles. The number of hydrogen-bond donors (Lipinski definition) is 0. The zero-order valence-electron chi connectivity index (χ0n) is 9.49. The molecule has 17 heavy (non-hydrogen) atoms. The van der Waals surface area contributed by atoms with Crippen molar-refractivity contribution >= 4 is 28.0 Å². The highest BCUT2D eigenvalue weighted by atomic mass is 79.9. The van der Waals surface area contributed by atoms with Crippen LogP contribution in [0.2, 0.25) is 0 Å². The Morgan fingerprint density at radius 3 is 2.76 bits per heavy atom.